The van der Waals surface area contributed by atoms with Crippen molar-refractivity contribution >= 4 is 0 Å². The highest BCUT2D eigenvalue weighted by Gasteiger charge is 2.64. The van der Waals surface area contributed by atoms with Crippen LogP contribution in [0.1, 0.15) is 34.4 Å². The molecule has 1 spiro atoms. The zero-order valence-electron chi connectivity index (χ0n) is 14.1. The third kappa shape index (κ3) is 1.63. The van der Waals surface area contributed by atoms with E-state index in [0.717, 1.165) is 4.57 Å². The van der Waals surface area contributed by atoms with Crippen molar-refractivity contribution < 1.29 is 19.1 Å². The van der Waals surface area contributed by atoms with Gasteiger partial charge in [-0.15, -0.1) is 0 Å². The molecule has 110 valence electrons. The fourth-order valence-corrected chi connectivity index (χ4v) is 2.69. The van der Waals surface area contributed by atoms with Crippen molar-refractivity contribution in [1.82, 2.24) is 9.55 Å². The van der Waals surface area contributed by atoms with Gasteiger partial charge in [0.1, 0.15) is 12.3 Å². The Morgan fingerprint density at radius 1 is 1.55 bits per heavy atom. The van der Waals surface area contributed by atoms with Gasteiger partial charge in [0.2, 0.25) is 0 Å². The third-order valence-electron chi connectivity index (χ3n) is 4.24. The van der Waals surface area contributed by atoms with Crippen LogP contribution in [0.2, 0.25) is 0 Å². The summed E-state index contributed by atoms with van der Waals surface area (Å²) in [6, 6.07) is 0. The summed E-state index contributed by atoms with van der Waals surface area (Å²) < 4.78 is 30.0. The van der Waals surface area contributed by atoms with Crippen molar-refractivity contribution in [2.45, 2.75) is 45.1 Å². The molecule has 2 aliphatic rings. The van der Waals surface area contributed by atoms with Crippen molar-refractivity contribution in [3.8, 4) is 0 Å². The number of nitrogens with zero attached hydrogens (tertiary/aromatic N) is 1. The van der Waals surface area contributed by atoms with Crippen LogP contribution in [-0.4, -0.2) is 38.5 Å². The molecular formula is C13H18N2O5. The number of nitrogens with one attached hydrogen (secondary N) is 1. The number of aliphatic hydroxyl groups is 2. The second-order valence-electron chi connectivity index (χ2n) is 5.31. The van der Waals surface area contributed by atoms with Gasteiger partial charge in [-0.25, -0.2) is 4.79 Å². The molecule has 1 aliphatic carbocycles. The lowest BCUT2D eigenvalue weighted by molar-refractivity contribution is -0.0499. The first-order chi connectivity index (χ1) is 10.5. The van der Waals surface area contributed by atoms with E-state index < -0.39 is 41.6 Å². The molecule has 3 N–H and O–H groups in total. The van der Waals surface area contributed by atoms with E-state index in [0.29, 0.717) is 12.8 Å². The molecule has 20 heavy (non-hydrogen) atoms. The maximum atomic E-state index is 12.2. The highest BCUT2D eigenvalue weighted by Crippen LogP contribution is 2.62. The Labute approximate surface area is 119 Å². The highest BCUT2D eigenvalue weighted by molar-refractivity contribution is 5.18. The predicted octanol–water partition coefficient (Wildman–Crippen LogP) is -0.816. The van der Waals surface area contributed by atoms with Crippen LogP contribution in [-0.2, 0) is 4.74 Å². The van der Waals surface area contributed by atoms with E-state index in [1.807, 2.05) is 0 Å². The lowest BCUT2D eigenvalue weighted by Gasteiger charge is -2.23. The largest absolute Gasteiger partial charge is 0.394 e. The minimum Gasteiger partial charge on any atom is -0.394 e. The van der Waals surface area contributed by atoms with Crippen LogP contribution in [0.5, 0.6) is 0 Å². The number of hydrogen-bond donors (Lipinski definition) is 3. The second kappa shape index (κ2) is 4.28. The minimum atomic E-state index is -2.62. The summed E-state index contributed by atoms with van der Waals surface area (Å²) in [4.78, 5) is 26.0. The number of hydrogen-bond acceptors (Lipinski definition) is 5. The molecule has 3 rings (SSSR count). The molecule has 7 nitrogen and oxygen atoms in total. The van der Waals surface area contributed by atoms with E-state index in [1.54, 1.807) is 0 Å². The first-order valence-electron chi connectivity index (χ1n) is 7.90. The molecule has 1 aromatic heterocycles. The molecular weight excluding hydrogens is 264 g/mol. The zero-order chi connectivity index (χ0) is 17.4. The van der Waals surface area contributed by atoms with Crippen LogP contribution in [0.3, 0.4) is 0 Å². The standard InChI is InChI=1S/C13H18N2O5/c1-6-7(2)15(12(19)14-10(6)18)11-13(3-4-13)9(17)8(5-16)20-11/h8-9,11,16-17H,3-5H2,1-2H3,(H,14,18,19)/t8-,9-,11-/m1/s1/i5D,8D,9D/t5?,8-,9-,11-. The van der Waals surface area contributed by atoms with E-state index in [-0.39, 0.29) is 11.3 Å². The Kier molecular flexibility index (Phi) is 2.20. The van der Waals surface area contributed by atoms with Crippen LogP contribution < -0.4 is 11.2 Å². The molecule has 1 unspecified atom stereocenters. The fraction of sp³-hybridized carbons (Fsp3) is 0.692. The van der Waals surface area contributed by atoms with Crippen molar-refractivity contribution in [2.75, 3.05) is 6.58 Å². The van der Waals surface area contributed by atoms with E-state index in [9.17, 15) is 19.8 Å². The SMILES string of the molecule is [2H]C(O)[C@@]1([2H])O[C@@H](n2c(C)c(C)c(=O)[nH]c2=O)C2(CC2)[C@]1([2H])O. The Morgan fingerprint density at radius 3 is 2.75 bits per heavy atom. The summed E-state index contributed by atoms with van der Waals surface area (Å²) in [5, 5.41) is 20.0. The molecule has 2 heterocycles. The molecule has 4 atom stereocenters. The number of aromatic amines is 1. The topological polar surface area (TPSA) is 105 Å². The highest BCUT2D eigenvalue weighted by atomic mass is 16.5. The molecule has 0 amide bonds. The lowest BCUT2D eigenvalue weighted by Crippen LogP contribution is -2.39. The zero-order valence-corrected chi connectivity index (χ0v) is 11.1. The van der Waals surface area contributed by atoms with Crippen LogP contribution in [0, 0.1) is 19.3 Å². The number of aromatic nitrogens is 2. The average Bonchev–Trinajstić information content (AvgIpc) is 3.22. The van der Waals surface area contributed by atoms with Gasteiger partial charge in [0.05, 0.1) is 16.8 Å². The Hall–Kier alpha value is -1.44. The minimum absolute atomic E-state index is 0.270. The van der Waals surface area contributed by atoms with Gasteiger partial charge in [0, 0.05) is 16.7 Å². The summed E-state index contributed by atoms with van der Waals surface area (Å²) >= 11 is 0. The molecule has 1 aromatic rings. The summed E-state index contributed by atoms with van der Waals surface area (Å²) in [6.07, 6.45) is -5.80. The van der Waals surface area contributed by atoms with Crippen molar-refractivity contribution in [2.24, 2.45) is 5.41 Å². The quantitative estimate of drug-likeness (QED) is 0.659. The first-order valence-corrected chi connectivity index (χ1v) is 6.32. The van der Waals surface area contributed by atoms with Crippen molar-refractivity contribution in [3.63, 3.8) is 0 Å². The van der Waals surface area contributed by atoms with Gasteiger partial charge < -0.3 is 14.9 Å². The first kappa shape index (κ1) is 10.3. The Balaban J connectivity index is 2.23. The third-order valence-corrected chi connectivity index (χ3v) is 4.24. The predicted molar refractivity (Wildman–Crippen MR) is 69.5 cm³/mol. The summed E-state index contributed by atoms with van der Waals surface area (Å²) in [7, 11) is 0. The van der Waals surface area contributed by atoms with Gasteiger partial charge >= 0.3 is 5.69 Å². The smallest absolute Gasteiger partial charge is 0.330 e. The van der Waals surface area contributed by atoms with Gasteiger partial charge in [-0.2, -0.15) is 0 Å². The van der Waals surface area contributed by atoms with Gasteiger partial charge in [-0.05, 0) is 26.7 Å². The van der Waals surface area contributed by atoms with Gasteiger partial charge in [-0.3, -0.25) is 14.3 Å². The van der Waals surface area contributed by atoms with Gasteiger partial charge in [0.25, 0.3) is 5.56 Å². The van der Waals surface area contributed by atoms with Gasteiger partial charge in [0.15, 0.2) is 0 Å². The van der Waals surface area contributed by atoms with E-state index in [2.05, 4.69) is 4.98 Å². The van der Waals surface area contributed by atoms with Crippen LogP contribution in [0.4, 0.5) is 0 Å². The van der Waals surface area contributed by atoms with Crippen molar-refractivity contribution in [1.29, 1.82) is 0 Å². The number of rotatable bonds is 2. The number of aliphatic hydroxyl groups excluding tert-OH is 1. The normalized spacial score (nSPS) is 42.0. The Morgan fingerprint density at radius 2 is 2.20 bits per heavy atom. The molecule has 1 saturated heterocycles. The number of H-pyrrole nitrogens is 1. The van der Waals surface area contributed by atoms with Gasteiger partial charge in [-0.1, -0.05) is 0 Å². The summed E-state index contributed by atoms with van der Waals surface area (Å²) in [5.74, 6) is 0. The molecule has 7 heteroatoms. The maximum absolute atomic E-state index is 12.2. The van der Waals surface area contributed by atoms with E-state index in [1.165, 1.54) is 13.8 Å². The lowest BCUT2D eigenvalue weighted by atomic mass is 9.96. The molecule has 1 aliphatic heterocycles. The molecule has 2 fully saturated rings. The van der Waals surface area contributed by atoms with E-state index >= 15 is 0 Å². The molecule has 1 saturated carbocycles. The summed E-state index contributed by atoms with van der Waals surface area (Å²) in [5.41, 5.74) is -2.06. The Bertz CT molecular complexity index is 780. The maximum Gasteiger partial charge on any atom is 0.330 e. The van der Waals surface area contributed by atoms with Crippen molar-refractivity contribution in [3.05, 3.63) is 32.1 Å². The average molecular weight is 285 g/mol. The summed E-state index contributed by atoms with van der Waals surface area (Å²) in [6.45, 7) is 0.848. The monoisotopic (exact) mass is 285 g/mol. The second-order valence-corrected chi connectivity index (χ2v) is 5.31. The molecule has 0 aromatic carbocycles. The van der Waals surface area contributed by atoms with Crippen LogP contribution in [0.25, 0.3) is 0 Å². The molecule has 0 radical (unpaired) electrons. The molecule has 0 bridgehead atoms. The fourth-order valence-electron chi connectivity index (χ4n) is 2.69. The van der Waals surface area contributed by atoms with E-state index in [4.69, 9.17) is 8.85 Å². The van der Waals surface area contributed by atoms with Crippen LogP contribution >= 0.6 is 0 Å². The van der Waals surface area contributed by atoms with Crippen LogP contribution in [0.15, 0.2) is 9.59 Å². The number of ether oxygens (including phenoxy) is 1.